The highest BCUT2D eigenvalue weighted by atomic mass is 35.5. The number of hydrogen-bond donors (Lipinski definition) is 3. The Morgan fingerprint density at radius 1 is 1.19 bits per heavy atom. The molecule has 1 aromatic carbocycles. The van der Waals surface area contributed by atoms with Crippen LogP contribution in [0.1, 0.15) is 63.5 Å². The summed E-state index contributed by atoms with van der Waals surface area (Å²) in [7, 11) is 3.28. The number of likely N-dealkylation sites (tertiary alicyclic amines) is 1. The van der Waals surface area contributed by atoms with Gasteiger partial charge in [-0.15, -0.1) is 0 Å². The Bertz CT molecular complexity index is 849. The molecule has 1 aliphatic heterocycles. The van der Waals surface area contributed by atoms with Crippen molar-refractivity contribution in [1.82, 2.24) is 20.9 Å². The maximum absolute atomic E-state index is 13.4. The van der Waals surface area contributed by atoms with Gasteiger partial charge in [-0.2, -0.15) is 0 Å². The maximum atomic E-state index is 13.4. The van der Waals surface area contributed by atoms with E-state index >= 15 is 0 Å². The first-order chi connectivity index (χ1) is 17.9. The second kappa shape index (κ2) is 15.4. The Morgan fingerprint density at radius 2 is 1.97 bits per heavy atom. The smallest absolute Gasteiger partial charge is 0.406 e. The molecule has 1 saturated heterocycles. The van der Waals surface area contributed by atoms with Crippen molar-refractivity contribution in [2.75, 3.05) is 46.9 Å². The fourth-order valence-corrected chi connectivity index (χ4v) is 5.91. The SMILES string of the molecule is CNCC(CC1CCC(C)CC1)NC(=O)N1CCCC(C(OCCNC(=O)OC)c2cccc(Cl)c2)C1. The van der Waals surface area contributed by atoms with Gasteiger partial charge in [-0.3, -0.25) is 0 Å². The lowest BCUT2D eigenvalue weighted by atomic mass is 9.80. The van der Waals surface area contributed by atoms with Gasteiger partial charge in [0.1, 0.15) is 0 Å². The molecule has 2 fully saturated rings. The molecule has 0 aromatic heterocycles. The number of piperidine rings is 1. The fourth-order valence-electron chi connectivity index (χ4n) is 5.71. The number of nitrogens with zero attached hydrogens (tertiary/aromatic N) is 1. The van der Waals surface area contributed by atoms with E-state index in [1.54, 1.807) is 0 Å². The van der Waals surface area contributed by atoms with E-state index in [-0.39, 0.29) is 24.1 Å². The number of urea groups is 1. The highest BCUT2D eigenvalue weighted by molar-refractivity contribution is 6.30. The largest absolute Gasteiger partial charge is 0.453 e. The molecule has 0 spiro atoms. The number of carbonyl (C=O) groups is 2. The van der Waals surface area contributed by atoms with Crippen LogP contribution in [-0.2, 0) is 9.47 Å². The molecule has 1 aromatic rings. The number of alkyl carbamates (subject to hydrolysis) is 1. The molecule has 1 heterocycles. The standard InChI is InChI=1S/C28H45ClN4O4/c1-20-9-11-21(12-10-20)16-25(18-30-2)32-27(34)33-14-5-7-23(19-33)26(22-6-4-8-24(29)17-22)37-15-13-31-28(35)36-3/h4,6,8,17,20-21,23,25-26,30H,5,7,9-16,18-19H2,1-3H3,(H,31,35)(H,32,34). The Hall–Kier alpha value is -2.03. The van der Waals surface area contributed by atoms with Crippen molar-refractivity contribution >= 4 is 23.7 Å². The number of hydrogen-bond acceptors (Lipinski definition) is 5. The minimum absolute atomic E-state index is 0.00586. The molecule has 1 saturated carbocycles. The van der Waals surface area contributed by atoms with Gasteiger partial charge in [0.05, 0.1) is 19.8 Å². The Labute approximate surface area is 227 Å². The Kier molecular flexibility index (Phi) is 12.3. The van der Waals surface area contributed by atoms with Gasteiger partial charge in [0.2, 0.25) is 0 Å². The van der Waals surface area contributed by atoms with E-state index < -0.39 is 6.09 Å². The highest BCUT2D eigenvalue weighted by Gasteiger charge is 2.32. The quantitative estimate of drug-likeness (QED) is 0.347. The number of halogens is 1. The van der Waals surface area contributed by atoms with Crippen molar-refractivity contribution in [2.45, 2.75) is 64.0 Å². The summed E-state index contributed by atoms with van der Waals surface area (Å²) in [5.41, 5.74) is 0.984. The number of rotatable bonds is 11. The number of carbonyl (C=O) groups excluding carboxylic acids is 2. The molecule has 0 radical (unpaired) electrons. The molecule has 3 atom stereocenters. The van der Waals surface area contributed by atoms with Crippen molar-refractivity contribution in [2.24, 2.45) is 17.8 Å². The Balaban J connectivity index is 1.61. The van der Waals surface area contributed by atoms with Crippen LogP contribution in [0, 0.1) is 17.8 Å². The average molecular weight is 537 g/mol. The molecule has 3 rings (SSSR count). The minimum Gasteiger partial charge on any atom is -0.453 e. The molecular formula is C28H45ClN4O4. The monoisotopic (exact) mass is 536 g/mol. The van der Waals surface area contributed by atoms with Gasteiger partial charge in [-0.25, -0.2) is 9.59 Å². The second-order valence-corrected chi connectivity index (χ2v) is 11.1. The maximum Gasteiger partial charge on any atom is 0.406 e. The van der Waals surface area contributed by atoms with E-state index in [0.29, 0.717) is 30.6 Å². The number of ether oxygens (including phenoxy) is 2. The van der Waals surface area contributed by atoms with Crippen LogP contribution in [0.2, 0.25) is 5.02 Å². The molecule has 3 amide bonds. The van der Waals surface area contributed by atoms with E-state index in [9.17, 15) is 9.59 Å². The zero-order chi connectivity index (χ0) is 26.6. The summed E-state index contributed by atoms with van der Waals surface area (Å²) in [6.45, 7) is 5.14. The third-order valence-corrected chi connectivity index (χ3v) is 7.97. The van der Waals surface area contributed by atoms with Crippen LogP contribution >= 0.6 is 11.6 Å². The molecule has 37 heavy (non-hydrogen) atoms. The summed E-state index contributed by atoms with van der Waals surface area (Å²) in [6.07, 6.45) is 7.27. The molecule has 9 heteroatoms. The van der Waals surface area contributed by atoms with Crippen molar-refractivity contribution in [1.29, 1.82) is 0 Å². The summed E-state index contributed by atoms with van der Waals surface area (Å²) in [5, 5.41) is 9.90. The van der Waals surface area contributed by atoms with Crippen molar-refractivity contribution in [3.63, 3.8) is 0 Å². The highest BCUT2D eigenvalue weighted by Crippen LogP contribution is 2.34. The van der Waals surface area contributed by atoms with Crippen LogP contribution in [0.5, 0.6) is 0 Å². The molecule has 208 valence electrons. The first-order valence-electron chi connectivity index (χ1n) is 13.8. The minimum atomic E-state index is -0.484. The predicted octanol–water partition coefficient (Wildman–Crippen LogP) is 4.98. The van der Waals surface area contributed by atoms with Crippen LogP contribution < -0.4 is 16.0 Å². The first-order valence-corrected chi connectivity index (χ1v) is 14.2. The van der Waals surface area contributed by atoms with E-state index in [1.165, 1.54) is 32.8 Å². The van der Waals surface area contributed by atoms with Crippen LogP contribution in [0.25, 0.3) is 0 Å². The molecule has 1 aliphatic carbocycles. The van der Waals surface area contributed by atoms with Gasteiger partial charge in [0.15, 0.2) is 0 Å². The summed E-state index contributed by atoms with van der Waals surface area (Å²) < 4.78 is 10.9. The van der Waals surface area contributed by atoms with E-state index in [1.807, 2.05) is 36.2 Å². The lowest BCUT2D eigenvalue weighted by molar-refractivity contribution is -0.00865. The van der Waals surface area contributed by atoms with E-state index in [2.05, 4.69) is 27.6 Å². The van der Waals surface area contributed by atoms with Gasteiger partial charge in [-0.1, -0.05) is 56.3 Å². The summed E-state index contributed by atoms with van der Waals surface area (Å²) >= 11 is 6.29. The third kappa shape index (κ3) is 9.65. The van der Waals surface area contributed by atoms with Crippen molar-refractivity contribution in [3.05, 3.63) is 34.9 Å². The third-order valence-electron chi connectivity index (χ3n) is 7.74. The average Bonchev–Trinajstić information content (AvgIpc) is 2.90. The summed E-state index contributed by atoms with van der Waals surface area (Å²) in [4.78, 5) is 26.7. The van der Waals surface area contributed by atoms with Gasteiger partial charge in [-0.05, 0) is 55.8 Å². The molecule has 3 unspecified atom stereocenters. The zero-order valence-corrected chi connectivity index (χ0v) is 23.4. The van der Waals surface area contributed by atoms with Crippen LogP contribution in [-0.4, -0.2) is 70.0 Å². The van der Waals surface area contributed by atoms with Gasteiger partial charge in [0.25, 0.3) is 0 Å². The molecular weight excluding hydrogens is 492 g/mol. The number of methoxy groups -OCH3 is 1. The first kappa shape index (κ1) is 29.5. The van der Waals surface area contributed by atoms with E-state index in [0.717, 1.165) is 43.8 Å². The Morgan fingerprint density at radius 3 is 2.68 bits per heavy atom. The van der Waals surface area contributed by atoms with Gasteiger partial charge < -0.3 is 30.3 Å². The lowest BCUT2D eigenvalue weighted by Gasteiger charge is -2.38. The molecule has 2 aliphatic rings. The number of amides is 3. The summed E-state index contributed by atoms with van der Waals surface area (Å²) in [5.74, 6) is 1.63. The van der Waals surface area contributed by atoms with Crippen molar-refractivity contribution < 1.29 is 19.1 Å². The van der Waals surface area contributed by atoms with Crippen LogP contribution in [0.3, 0.4) is 0 Å². The van der Waals surface area contributed by atoms with Crippen LogP contribution in [0.15, 0.2) is 24.3 Å². The number of likely N-dealkylation sites (N-methyl/N-ethyl adjacent to an activating group) is 1. The molecule has 0 bridgehead atoms. The topological polar surface area (TPSA) is 91.9 Å². The fraction of sp³-hybridized carbons (Fsp3) is 0.714. The zero-order valence-electron chi connectivity index (χ0n) is 22.6. The second-order valence-electron chi connectivity index (χ2n) is 10.7. The predicted molar refractivity (Wildman–Crippen MR) is 147 cm³/mol. The molecule has 8 nitrogen and oxygen atoms in total. The number of nitrogens with one attached hydrogen (secondary N) is 3. The normalized spacial score (nSPS) is 23.7. The van der Waals surface area contributed by atoms with Crippen molar-refractivity contribution in [3.8, 4) is 0 Å². The van der Waals surface area contributed by atoms with Gasteiger partial charge in [0, 0.05) is 43.2 Å². The lowest BCUT2D eigenvalue weighted by Crippen LogP contribution is -2.52. The number of benzene rings is 1. The van der Waals surface area contributed by atoms with Crippen LogP contribution in [0.4, 0.5) is 9.59 Å². The molecule has 3 N–H and O–H groups in total. The van der Waals surface area contributed by atoms with E-state index in [4.69, 9.17) is 16.3 Å². The van der Waals surface area contributed by atoms with Gasteiger partial charge >= 0.3 is 12.1 Å². The summed E-state index contributed by atoms with van der Waals surface area (Å²) in [6, 6.07) is 7.83.